The van der Waals surface area contributed by atoms with Crippen LogP contribution >= 0.6 is 0 Å². The van der Waals surface area contributed by atoms with Crippen LogP contribution in [0.4, 0.5) is 0 Å². The van der Waals surface area contributed by atoms with Gasteiger partial charge in [0.15, 0.2) is 5.69 Å². The summed E-state index contributed by atoms with van der Waals surface area (Å²) in [5.74, 6) is -1.33. The number of methoxy groups -OCH3 is 1. The normalized spacial score (nSPS) is 10.4. The van der Waals surface area contributed by atoms with Crippen molar-refractivity contribution in [2.24, 2.45) is 0 Å². The summed E-state index contributed by atoms with van der Waals surface area (Å²) in [4.78, 5) is 30.1. The van der Waals surface area contributed by atoms with Crippen molar-refractivity contribution in [1.82, 2.24) is 9.97 Å². The first-order valence-corrected chi connectivity index (χ1v) is 7.64. The maximum absolute atomic E-state index is 11.9. The van der Waals surface area contributed by atoms with Crippen molar-refractivity contribution in [3.63, 3.8) is 0 Å². The average Bonchev–Trinajstić information content (AvgIpc) is 2.65. The third-order valence-electron chi connectivity index (χ3n) is 3.78. The Balaban J connectivity index is 2.03. The molecule has 0 saturated heterocycles. The van der Waals surface area contributed by atoms with E-state index in [2.05, 4.69) is 14.7 Å². The van der Waals surface area contributed by atoms with Crippen molar-refractivity contribution in [3.8, 4) is 16.9 Å². The molecule has 6 heteroatoms. The number of carbonyl (C=O) groups excluding carboxylic acids is 1. The molecule has 1 aromatic heterocycles. The summed E-state index contributed by atoms with van der Waals surface area (Å²) < 4.78 is 4.56. The second kappa shape index (κ2) is 7.00. The van der Waals surface area contributed by atoms with Crippen LogP contribution in [-0.4, -0.2) is 28.2 Å². The quantitative estimate of drug-likeness (QED) is 0.714. The number of hydrogen-bond donors (Lipinski definition) is 2. The van der Waals surface area contributed by atoms with Gasteiger partial charge in [0.05, 0.1) is 7.11 Å². The summed E-state index contributed by atoms with van der Waals surface area (Å²) in [6, 6.07) is 17.5. The van der Waals surface area contributed by atoms with Gasteiger partial charge in [-0.25, -0.2) is 9.78 Å². The van der Waals surface area contributed by atoms with Gasteiger partial charge in [0, 0.05) is 6.42 Å². The van der Waals surface area contributed by atoms with Gasteiger partial charge in [0.2, 0.25) is 5.75 Å². The minimum atomic E-state index is -0.860. The van der Waals surface area contributed by atoms with Gasteiger partial charge in [-0.2, -0.15) is 0 Å². The molecular formula is C19H16N2O4. The molecule has 2 aromatic carbocycles. The minimum Gasteiger partial charge on any atom is -0.501 e. The standard InChI is InChI=1S/C19H16N2O4/c1-25-19(24)16-17(22)18(23)21-15(20-16)11-13-9-5-6-10-14(13)12-7-3-2-4-8-12/h2-10,22H,11H2,1H3,(H,20,21,23). The molecule has 0 saturated carbocycles. The van der Waals surface area contributed by atoms with Crippen LogP contribution in [0.5, 0.6) is 5.75 Å². The van der Waals surface area contributed by atoms with Crippen LogP contribution in [0.3, 0.4) is 0 Å². The Morgan fingerprint density at radius 2 is 1.80 bits per heavy atom. The van der Waals surface area contributed by atoms with Crippen LogP contribution < -0.4 is 5.56 Å². The molecule has 0 radical (unpaired) electrons. The molecule has 0 aliphatic rings. The molecule has 0 aliphatic carbocycles. The summed E-state index contributed by atoms with van der Waals surface area (Å²) >= 11 is 0. The number of esters is 1. The van der Waals surface area contributed by atoms with Gasteiger partial charge in [0.1, 0.15) is 5.82 Å². The molecule has 3 rings (SSSR count). The summed E-state index contributed by atoms with van der Waals surface area (Å²) in [6.07, 6.45) is 0.296. The van der Waals surface area contributed by atoms with Crippen LogP contribution in [0.15, 0.2) is 59.4 Å². The number of aromatic nitrogens is 2. The summed E-state index contributed by atoms with van der Waals surface area (Å²) in [7, 11) is 1.16. The van der Waals surface area contributed by atoms with Crippen molar-refractivity contribution in [2.45, 2.75) is 6.42 Å². The van der Waals surface area contributed by atoms with E-state index in [0.717, 1.165) is 23.8 Å². The fourth-order valence-electron chi connectivity index (χ4n) is 2.59. The van der Waals surface area contributed by atoms with Crippen LogP contribution in [0.2, 0.25) is 0 Å². The van der Waals surface area contributed by atoms with Crippen LogP contribution in [-0.2, 0) is 11.2 Å². The van der Waals surface area contributed by atoms with E-state index in [1.165, 1.54) is 0 Å². The van der Waals surface area contributed by atoms with Gasteiger partial charge < -0.3 is 14.8 Å². The number of nitrogens with one attached hydrogen (secondary N) is 1. The van der Waals surface area contributed by atoms with E-state index >= 15 is 0 Å². The number of aromatic amines is 1. The zero-order chi connectivity index (χ0) is 17.8. The molecule has 0 aliphatic heterocycles. The first-order chi connectivity index (χ1) is 12.1. The average molecular weight is 336 g/mol. The molecule has 6 nitrogen and oxygen atoms in total. The van der Waals surface area contributed by atoms with Gasteiger partial charge >= 0.3 is 5.97 Å². The van der Waals surface area contributed by atoms with E-state index in [9.17, 15) is 14.7 Å². The van der Waals surface area contributed by atoms with Crippen LogP contribution in [0, 0.1) is 0 Å². The van der Waals surface area contributed by atoms with E-state index in [0.29, 0.717) is 6.42 Å². The lowest BCUT2D eigenvalue weighted by molar-refractivity contribution is 0.0589. The SMILES string of the molecule is COC(=O)c1nc(Cc2ccccc2-c2ccccc2)[nH]c(=O)c1O. The lowest BCUT2D eigenvalue weighted by Gasteiger charge is -2.10. The Bertz CT molecular complexity index is 965. The molecule has 0 amide bonds. The number of benzene rings is 2. The Hall–Kier alpha value is -3.41. The first-order valence-electron chi connectivity index (χ1n) is 7.64. The number of ether oxygens (including phenoxy) is 1. The zero-order valence-corrected chi connectivity index (χ0v) is 13.5. The highest BCUT2D eigenvalue weighted by Gasteiger charge is 2.19. The number of hydrogen-bond acceptors (Lipinski definition) is 5. The maximum Gasteiger partial charge on any atom is 0.360 e. The number of nitrogens with zero attached hydrogens (tertiary/aromatic N) is 1. The fourth-order valence-corrected chi connectivity index (χ4v) is 2.59. The molecule has 3 aromatic rings. The maximum atomic E-state index is 11.9. The monoisotopic (exact) mass is 336 g/mol. The van der Waals surface area contributed by atoms with E-state index in [-0.39, 0.29) is 5.82 Å². The number of H-pyrrole nitrogens is 1. The largest absolute Gasteiger partial charge is 0.501 e. The van der Waals surface area contributed by atoms with Gasteiger partial charge in [-0.15, -0.1) is 0 Å². The molecule has 25 heavy (non-hydrogen) atoms. The minimum absolute atomic E-state index is 0.270. The smallest absolute Gasteiger partial charge is 0.360 e. The predicted octanol–water partition coefficient (Wildman–Crippen LogP) is 2.52. The Kier molecular flexibility index (Phi) is 4.61. The van der Waals surface area contributed by atoms with E-state index in [1.54, 1.807) is 0 Å². The third-order valence-corrected chi connectivity index (χ3v) is 3.78. The summed E-state index contributed by atoms with van der Waals surface area (Å²) in [6.45, 7) is 0. The van der Waals surface area contributed by atoms with Gasteiger partial charge in [-0.05, 0) is 16.7 Å². The van der Waals surface area contributed by atoms with Crippen LogP contribution in [0.1, 0.15) is 21.9 Å². The summed E-state index contributed by atoms with van der Waals surface area (Å²) in [5.41, 5.74) is 1.80. The van der Waals surface area contributed by atoms with Crippen molar-refractivity contribution in [2.75, 3.05) is 7.11 Å². The first kappa shape index (κ1) is 16.4. The number of aromatic hydroxyl groups is 1. The second-order valence-corrected chi connectivity index (χ2v) is 5.40. The highest BCUT2D eigenvalue weighted by atomic mass is 16.5. The Morgan fingerprint density at radius 1 is 1.12 bits per heavy atom. The van der Waals surface area contributed by atoms with E-state index in [1.807, 2.05) is 54.6 Å². The second-order valence-electron chi connectivity index (χ2n) is 5.40. The van der Waals surface area contributed by atoms with E-state index < -0.39 is 23.0 Å². The molecule has 0 fully saturated rings. The molecule has 0 atom stereocenters. The molecule has 126 valence electrons. The molecular weight excluding hydrogens is 320 g/mol. The Labute approximate surface area is 143 Å². The topological polar surface area (TPSA) is 92.3 Å². The van der Waals surface area contributed by atoms with Gasteiger partial charge in [-0.1, -0.05) is 54.6 Å². The fraction of sp³-hybridized carbons (Fsp3) is 0.105. The lowest BCUT2D eigenvalue weighted by Crippen LogP contribution is -2.18. The highest BCUT2D eigenvalue weighted by Crippen LogP contribution is 2.25. The van der Waals surface area contributed by atoms with Crippen molar-refractivity contribution >= 4 is 5.97 Å². The van der Waals surface area contributed by atoms with E-state index in [4.69, 9.17) is 0 Å². The van der Waals surface area contributed by atoms with Gasteiger partial charge in [-0.3, -0.25) is 4.79 Å². The number of rotatable bonds is 4. The third kappa shape index (κ3) is 3.42. The summed E-state index contributed by atoms with van der Waals surface area (Å²) in [5, 5.41) is 9.72. The molecule has 2 N–H and O–H groups in total. The predicted molar refractivity (Wildman–Crippen MR) is 92.5 cm³/mol. The lowest BCUT2D eigenvalue weighted by atomic mass is 9.97. The van der Waals surface area contributed by atoms with Gasteiger partial charge in [0.25, 0.3) is 5.56 Å². The van der Waals surface area contributed by atoms with Crippen molar-refractivity contribution < 1.29 is 14.6 Å². The zero-order valence-electron chi connectivity index (χ0n) is 13.5. The number of carbonyl (C=O) groups is 1. The highest BCUT2D eigenvalue weighted by molar-refractivity contribution is 5.89. The van der Waals surface area contributed by atoms with Crippen LogP contribution in [0.25, 0.3) is 11.1 Å². The molecule has 0 bridgehead atoms. The van der Waals surface area contributed by atoms with Crippen molar-refractivity contribution in [3.05, 3.63) is 82.0 Å². The Morgan fingerprint density at radius 3 is 2.52 bits per heavy atom. The van der Waals surface area contributed by atoms with Crippen molar-refractivity contribution in [1.29, 1.82) is 0 Å². The molecule has 0 unspecified atom stereocenters. The molecule has 0 spiro atoms. The molecule has 1 heterocycles.